The van der Waals surface area contributed by atoms with Gasteiger partial charge in [0.05, 0.1) is 38.6 Å². The summed E-state index contributed by atoms with van der Waals surface area (Å²) in [5.41, 5.74) is 5.07. The van der Waals surface area contributed by atoms with E-state index in [2.05, 4.69) is 15.1 Å². The van der Waals surface area contributed by atoms with Gasteiger partial charge in [0.15, 0.2) is 17.3 Å². The average Bonchev–Trinajstić information content (AvgIpc) is 3.04. The number of amides is 2. The van der Waals surface area contributed by atoms with E-state index in [1.54, 1.807) is 14.2 Å². The van der Waals surface area contributed by atoms with Gasteiger partial charge in [0.2, 0.25) is 5.95 Å². The van der Waals surface area contributed by atoms with Gasteiger partial charge in [-0.1, -0.05) is 12.1 Å². The number of nitrogens with zero attached hydrogens (tertiary/aromatic N) is 6. The van der Waals surface area contributed by atoms with Crippen molar-refractivity contribution >= 4 is 34.5 Å². The van der Waals surface area contributed by atoms with Crippen molar-refractivity contribution in [3.8, 4) is 22.8 Å². The summed E-state index contributed by atoms with van der Waals surface area (Å²) in [5, 5.41) is 3.02. The Kier molecular flexibility index (Phi) is 7.91. The molecule has 0 aliphatic carbocycles. The molecular weight excluding hydrogens is 534 g/mol. The number of aryl methyl sites for hydroxylation is 1. The zero-order valence-electron chi connectivity index (χ0n) is 24.2. The Balaban J connectivity index is 1.30. The van der Waals surface area contributed by atoms with Crippen molar-refractivity contribution in [3.05, 3.63) is 60.2 Å². The van der Waals surface area contributed by atoms with E-state index in [0.29, 0.717) is 56.8 Å². The van der Waals surface area contributed by atoms with E-state index in [0.717, 1.165) is 52.4 Å². The van der Waals surface area contributed by atoms with Gasteiger partial charge in [0, 0.05) is 50.5 Å². The number of carbonyl (C=O) groups excluding carboxylic acids is 1. The van der Waals surface area contributed by atoms with Crippen molar-refractivity contribution in [2.24, 2.45) is 0 Å². The maximum atomic E-state index is 13.0. The lowest BCUT2D eigenvalue weighted by molar-refractivity contribution is 0.122. The van der Waals surface area contributed by atoms with Crippen molar-refractivity contribution in [1.29, 1.82) is 0 Å². The van der Waals surface area contributed by atoms with Crippen LogP contribution in [0.15, 0.2) is 54.6 Å². The molecule has 0 saturated carbocycles. The summed E-state index contributed by atoms with van der Waals surface area (Å²) in [4.78, 5) is 34.2. The summed E-state index contributed by atoms with van der Waals surface area (Å²) in [5.74, 6) is 2.73. The van der Waals surface area contributed by atoms with Gasteiger partial charge in [0.25, 0.3) is 0 Å². The van der Waals surface area contributed by atoms with Crippen LogP contribution in [0.5, 0.6) is 11.5 Å². The van der Waals surface area contributed by atoms with Crippen LogP contribution < -0.4 is 24.6 Å². The molecule has 6 rings (SSSR count). The van der Waals surface area contributed by atoms with Gasteiger partial charge >= 0.3 is 6.03 Å². The molecule has 1 N–H and O–H groups in total. The number of nitrogens with one attached hydrogen (secondary N) is 1. The molecular formula is C31H35N7O4. The summed E-state index contributed by atoms with van der Waals surface area (Å²) >= 11 is 0. The molecule has 0 spiro atoms. The highest BCUT2D eigenvalue weighted by molar-refractivity contribution is 5.91. The fourth-order valence-electron chi connectivity index (χ4n) is 5.32. The summed E-state index contributed by atoms with van der Waals surface area (Å²) in [6.45, 7) is 7.12. The van der Waals surface area contributed by atoms with Crippen LogP contribution in [0.2, 0.25) is 0 Å². The second kappa shape index (κ2) is 12.1. The molecule has 4 aromatic rings. The van der Waals surface area contributed by atoms with E-state index in [4.69, 9.17) is 29.2 Å². The maximum Gasteiger partial charge on any atom is 0.321 e. The number of piperazine rings is 1. The summed E-state index contributed by atoms with van der Waals surface area (Å²) < 4.78 is 16.5. The number of benzene rings is 2. The van der Waals surface area contributed by atoms with E-state index in [1.165, 1.54) is 0 Å². The van der Waals surface area contributed by atoms with Crippen molar-refractivity contribution < 1.29 is 19.0 Å². The zero-order valence-corrected chi connectivity index (χ0v) is 24.2. The molecule has 0 bridgehead atoms. The van der Waals surface area contributed by atoms with Crippen molar-refractivity contribution in [3.63, 3.8) is 0 Å². The Morgan fingerprint density at radius 2 is 1.62 bits per heavy atom. The Hall–Kier alpha value is -4.64. The molecule has 2 saturated heterocycles. The summed E-state index contributed by atoms with van der Waals surface area (Å²) in [6.07, 6.45) is 0. The molecule has 11 nitrogen and oxygen atoms in total. The first kappa shape index (κ1) is 27.5. The van der Waals surface area contributed by atoms with Gasteiger partial charge in [-0.2, -0.15) is 4.98 Å². The van der Waals surface area contributed by atoms with E-state index >= 15 is 0 Å². The van der Waals surface area contributed by atoms with Gasteiger partial charge in [0.1, 0.15) is 5.52 Å². The number of hydrogen-bond donors (Lipinski definition) is 1. The van der Waals surface area contributed by atoms with Crippen LogP contribution in [0.3, 0.4) is 0 Å². The fourth-order valence-corrected chi connectivity index (χ4v) is 5.32. The first-order valence-electron chi connectivity index (χ1n) is 14.1. The number of urea groups is 1. The Bertz CT molecular complexity index is 1580. The normalized spacial score (nSPS) is 15.5. The molecule has 0 radical (unpaired) electrons. The first-order valence-corrected chi connectivity index (χ1v) is 14.1. The molecule has 2 aliphatic rings. The van der Waals surface area contributed by atoms with Gasteiger partial charge in [-0.05, 0) is 55.0 Å². The molecule has 2 aliphatic heterocycles. The maximum absolute atomic E-state index is 13.0. The lowest BCUT2D eigenvalue weighted by atomic mass is 10.1. The number of hydrogen-bond acceptors (Lipinski definition) is 9. The van der Waals surface area contributed by atoms with Crippen molar-refractivity contribution in [1.82, 2.24) is 19.9 Å². The standard InChI is InChI=1S/C31H35N7O4/c1-21-5-4-6-23(19-21)32-31(39)38-13-11-36(12-14-38)29-28-25(34-30(35-29)37-15-17-42-18-16-37)9-8-24(33-28)22-7-10-26(40-2)27(20-22)41-3/h4-10,19-20H,11-18H2,1-3H3,(H,32,39). The number of morpholine rings is 1. The molecule has 0 unspecified atom stereocenters. The minimum absolute atomic E-state index is 0.101. The average molecular weight is 570 g/mol. The van der Waals surface area contributed by atoms with Gasteiger partial charge in [-0.25, -0.2) is 14.8 Å². The minimum Gasteiger partial charge on any atom is -0.493 e. The number of aromatic nitrogens is 3. The van der Waals surface area contributed by atoms with Crippen LogP contribution >= 0.6 is 0 Å². The predicted molar refractivity (Wildman–Crippen MR) is 163 cm³/mol. The van der Waals surface area contributed by atoms with Crippen LogP contribution in [0, 0.1) is 6.92 Å². The first-order chi connectivity index (χ1) is 20.5. The third kappa shape index (κ3) is 5.73. The zero-order chi connectivity index (χ0) is 29.1. The number of rotatable bonds is 6. The lowest BCUT2D eigenvalue weighted by Crippen LogP contribution is -2.50. The van der Waals surface area contributed by atoms with Crippen LogP contribution in [0.25, 0.3) is 22.3 Å². The number of carbonyl (C=O) groups is 1. The molecule has 42 heavy (non-hydrogen) atoms. The molecule has 2 aromatic carbocycles. The molecule has 2 fully saturated rings. The quantitative estimate of drug-likeness (QED) is 0.366. The second-order valence-electron chi connectivity index (χ2n) is 10.4. The van der Waals surface area contributed by atoms with E-state index < -0.39 is 0 Å². The van der Waals surface area contributed by atoms with E-state index in [-0.39, 0.29) is 6.03 Å². The van der Waals surface area contributed by atoms with Crippen molar-refractivity contribution in [2.45, 2.75) is 6.92 Å². The molecule has 11 heteroatoms. The molecule has 2 amide bonds. The fraction of sp³-hybridized carbons (Fsp3) is 0.355. The van der Waals surface area contributed by atoms with E-state index in [9.17, 15) is 4.79 Å². The van der Waals surface area contributed by atoms with Crippen LogP contribution in [0.4, 0.5) is 22.2 Å². The number of pyridine rings is 1. The third-order valence-corrected chi connectivity index (χ3v) is 7.62. The summed E-state index contributed by atoms with van der Waals surface area (Å²) in [7, 11) is 3.24. The number of ether oxygens (including phenoxy) is 3. The van der Waals surface area contributed by atoms with Crippen LogP contribution in [-0.2, 0) is 4.74 Å². The molecule has 2 aromatic heterocycles. The molecule has 0 atom stereocenters. The molecule has 4 heterocycles. The SMILES string of the molecule is COc1ccc(-c2ccc3nc(N4CCOCC4)nc(N4CCN(C(=O)Nc5cccc(C)c5)CC4)c3n2)cc1OC. The monoisotopic (exact) mass is 569 g/mol. The Morgan fingerprint density at radius 3 is 2.36 bits per heavy atom. The second-order valence-corrected chi connectivity index (χ2v) is 10.4. The predicted octanol–water partition coefficient (Wildman–Crippen LogP) is 4.21. The highest BCUT2D eigenvalue weighted by atomic mass is 16.5. The van der Waals surface area contributed by atoms with Crippen LogP contribution in [-0.4, -0.2) is 92.6 Å². The highest BCUT2D eigenvalue weighted by Gasteiger charge is 2.26. The Labute approximate surface area is 245 Å². The highest BCUT2D eigenvalue weighted by Crippen LogP contribution is 2.34. The van der Waals surface area contributed by atoms with E-state index in [1.807, 2.05) is 66.4 Å². The number of anilines is 3. The van der Waals surface area contributed by atoms with Crippen LogP contribution in [0.1, 0.15) is 5.56 Å². The molecule has 218 valence electrons. The van der Waals surface area contributed by atoms with Gasteiger partial charge in [-0.15, -0.1) is 0 Å². The number of methoxy groups -OCH3 is 2. The largest absolute Gasteiger partial charge is 0.493 e. The Morgan fingerprint density at radius 1 is 0.833 bits per heavy atom. The topological polar surface area (TPSA) is 105 Å². The van der Waals surface area contributed by atoms with Crippen molar-refractivity contribution in [2.75, 3.05) is 81.8 Å². The number of fused-ring (bicyclic) bond motifs is 1. The van der Waals surface area contributed by atoms with Gasteiger partial charge < -0.3 is 34.2 Å². The third-order valence-electron chi connectivity index (χ3n) is 7.62. The minimum atomic E-state index is -0.101. The lowest BCUT2D eigenvalue weighted by Gasteiger charge is -2.36. The van der Waals surface area contributed by atoms with Gasteiger partial charge in [-0.3, -0.25) is 0 Å². The summed E-state index contributed by atoms with van der Waals surface area (Å²) in [6, 6.07) is 17.4. The smallest absolute Gasteiger partial charge is 0.321 e.